The highest BCUT2D eigenvalue weighted by molar-refractivity contribution is 5.15. The van der Waals surface area contributed by atoms with E-state index < -0.39 is 0 Å². The number of hydrogen-bond donors (Lipinski definition) is 1. The van der Waals surface area contributed by atoms with Gasteiger partial charge in [0.2, 0.25) is 5.88 Å². The fourth-order valence-electron chi connectivity index (χ4n) is 1.65. The highest BCUT2D eigenvalue weighted by Crippen LogP contribution is 2.08. The van der Waals surface area contributed by atoms with E-state index in [9.17, 15) is 0 Å². The molecule has 3 nitrogen and oxygen atoms in total. The lowest BCUT2D eigenvalue weighted by Crippen LogP contribution is -2.19. The molecule has 0 saturated carbocycles. The van der Waals surface area contributed by atoms with Crippen LogP contribution in [0.15, 0.2) is 18.2 Å². The minimum Gasteiger partial charge on any atom is -0.478 e. The molecule has 1 rings (SSSR count). The van der Waals surface area contributed by atoms with Crippen molar-refractivity contribution in [2.75, 3.05) is 13.2 Å². The molecule has 0 atom stereocenters. The summed E-state index contributed by atoms with van der Waals surface area (Å²) in [5.41, 5.74) is 1.05. The number of aromatic nitrogens is 1. The first-order chi connectivity index (χ1) is 8.72. The summed E-state index contributed by atoms with van der Waals surface area (Å²) in [6.45, 7) is 9.19. The van der Waals surface area contributed by atoms with Crippen LogP contribution in [0.5, 0.6) is 5.88 Å². The van der Waals surface area contributed by atoms with E-state index in [0.29, 0.717) is 5.92 Å². The third kappa shape index (κ3) is 6.60. The topological polar surface area (TPSA) is 34.1 Å². The van der Waals surface area contributed by atoms with E-state index in [4.69, 9.17) is 4.74 Å². The number of unbranched alkanes of at least 4 members (excludes halogenated alkanes) is 2. The third-order valence-electron chi connectivity index (χ3n) is 2.64. The summed E-state index contributed by atoms with van der Waals surface area (Å²) in [4.78, 5) is 4.48. The molecule has 0 bridgehead atoms. The van der Waals surface area contributed by atoms with Gasteiger partial charge in [-0.15, -0.1) is 0 Å². The van der Waals surface area contributed by atoms with Crippen molar-refractivity contribution >= 4 is 0 Å². The largest absolute Gasteiger partial charge is 0.478 e. The third-order valence-corrected chi connectivity index (χ3v) is 2.64. The van der Waals surface area contributed by atoms with Gasteiger partial charge in [-0.2, -0.15) is 0 Å². The van der Waals surface area contributed by atoms with Crippen molar-refractivity contribution in [2.45, 2.75) is 46.6 Å². The lowest BCUT2D eigenvalue weighted by Gasteiger charge is -2.09. The molecule has 0 amide bonds. The van der Waals surface area contributed by atoms with E-state index in [1.54, 1.807) is 0 Å². The van der Waals surface area contributed by atoms with Crippen LogP contribution in [-0.2, 0) is 6.54 Å². The monoisotopic (exact) mass is 250 g/mol. The van der Waals surface area contributed by atoms with Crippen molar-refractivity contribution in [1.82, 2.24) is 10.3 Å². The molecule has 1 aromatic rings. The average molecular weight is 250 g/mol. The number of nitrogens with one attached hydrogen (secondary N) is 1. The molecule has 0 aliphatic rings. The minimum absolute atomic E-state index is 0.665. The molecule has 0 aliphatic carbocycles. The van der Waals surface area contributed by atoms with Crippen LogP contribution in [0.2, 0.25) is 0 Å². The molecule has 0 aliphatic heterocycles. The molecule has 0 aromatic carbocycles. The van der Waals surface area contributed by atoms with Crippen LogP contribution in [0.4, 0.5) is 0 Å². The Hall–Kier alpha value is -1.09. The van der Waals surface area contributed by atoms with Gasteiger partial charge in [0.15, 0.2) is 0 Å². The Bertz CT molecular complexity index is 326. The number of rotatable bonds is 9. The molecule has 3 heteroatoms. The number of pyridine rings is 1. The van der Waals surface area contributed by atoms with E-state index in [0.717, 1.165) is 37.7 Å². The smallest absolute Gasteiger partial charge is 0.213 e. The molecule has 0 fully saturated rings. The molecular weight excluding hydrogens is 224 g/mol. The van der Waals surface area contributed by atoms with Crippen LogP contribution in [0.3, 0.4) is 0 Å². The molecule has 0 unspecified atom stereocenters. The van der Waals surface area contributed by atoms with Gasteiger partial charge < -0.3 is 10.1 Å². The van der Waals surface area contributed by atoms with E-state index in [2.05, 4.69) is 31.1 Å². The highest BCUT2D eigenvalue weighted by Gasteiger charge is 1.99. The summed E-state index contributed by atoms with van der Waals surface area (Å²) < 4.78 is 5.64. The van der Waals surface area contributed by atoms with Gasteiger partial charge in [-0.1, -0.05) is 39.7 Å². The molecule has 1 heterocycles. The van der Waals surface area contributed by atoms with E-state index in [1.165, 1.54) is 12.8 Å². The van der Waals surface area contributed by atoms with Gasteiger partial charge in [-0.3, -0.25) is 0 Å². The Labute approximate surface area is 111 Å². The van der Waals surface area contributed by atoms with Crippen molar-refractivity contribution in [3.8, 4) is 5.88 Å². The first kappa shape index (κ1) is 15.0. The fraction of sp³-hybridized carbons (Fsp3) is 0.667. The van der Waals surface area contributed by atoms with Crippen LogP contribution >= 0.6 is 0 Å². The van der Waals surface area contributed by atoms with E-state index in [1.807, 2.05) is 18.2 Å². The van der Waals surface area contributed by atoms with Crippen LogP contribution < -0.4 is 10.1 Å². The van der Waals surface area contributed by atoms with Crippen molar-refractivity contribution in [3.63, 3.8) is 0 Å². The Balaban J connectivity index is 2.32. The quantitative estimate of drug-likeness (QED) is 0.682. The zero-order chi connectivity index (χ0) is 13.2. The van der Waals surface area contributed by atoms with Gasteiger partial charge in [-0.05, 0) is 24.9 Å². The molecule has 0 spiro atoms. The van der Waals surface area contributed by atoms with Crippen LogP contribution in [-0.4, -0.2) is 18.1 Å². The molecule has 0 radical (unpaired) electrons. The summed E-state index contributed by atoms with van der Waals surface area (Å²) in [6.07, 6.45) is 3.54. The predicted molar refractivity (Wildman–Crippen MR) is 75.8 cm³/mol. The van der Waals surface area contributed by atoms with Gasteiger partial charge >= 0.3 is 0 Å². The maximum atomic E-state index is 5.64. The van der Waals surface area contributed by atoms with Gasteiger partial charge in [0, 0.05) is 12.6 Å². The summed E-state index contributed by atoms with van der Waals surface area (Å²) in [7, 11) is 0. The van der Waals surface area contributed by atoms with Crippen LogP contribution in [0, 0.1) is 5.92 Å². The van der Waals surface area contributed by atoms with Crippen LogP contribution in [0.25, 0.3) is 0 Å². The first-order valence-corrected chi connectivity index (χ1v) is 7.01. The van der Waals surface area contributed by atoms with Crippen LogP contribution in [0.1, 0.15) is 45.7 Å². The molecule has 1 aromatic heterocycles. The Morgan fingerprint density at radius 1 is 1.28 bits per heavy atom. The lowest BCUT2D eigenvalue weighted by molar-refractivity contribution is 0.294. The second-order valence-corrected chi connectivity index (χ2v) is 5.05. The zero-order valence-electron chi connectivity index (χ0n) is 11.9. The minimum atomic E-state index is 0.665. The molecule has 18 heavy (non-hydrogen) atoms. The second kappa shape index (κ2) is 8.92. The normalized spacial score (nSPS) is 10.9. The Kier molecular flexibility index (Phi) is 7.42. The average Bonchev–Trinajstić information content (AvgIpc) is 2.35. The number of hydrogen-bond acceptors (Lipinski definition) is 3. The van der Waals surface area contributed by atoms with Gasteiger partial charge in [0.25, 0.3) is 0 Å². The maximum absolute atomic E-state index is 5.64. The van der Waals surface area contributed by atoms with Crippen molar-refractivity contribution in [1.29, 1.82) is 0 Å². The van der Waals surface area contributed by atoms with Crippen molar-refractivity contribution in [3.05, 3.63) is 23.9 Å². The SMILES string of the molecule is CCCCCOc1cccc(CNCC(C)C)n1. The first-order valence-electron chi connectivity index (χ1n) is 7.01. The van der Waals surface area contributed by atoms with Gasteiger partial charge in [-0.25, -0.2) is 4.98 Å². The fourth-order valence-corrected chi connectivity index (χ4v) is 1.65. The Morgan fingerprint density at radius 3 is 2.83 bits per heavy atom. The number of ether oxygens (including phenoxy) is 1. The van der Waals surface area contributed by atoms with Gasteiger partial charge in [0.1, 0.15) is 0 Å². The maximum Gasteiger partial charge on any atom is 0.213 e. The van der Waals surface area contributed by atoms with Gasteiger partial charge in [0.05, 0.1) is 12.3 Å². The molecule has 1 N–H and O–H groups in total. The second-order valence-electron chi connectivity index (χ2n) is 5.05. The molecular formula is C15H26N2O. The molecule has 102 valence electrons. The van der Waals surface area contributed by atoms with E-state index >= 15 is 0 Å². The standard InChI is InChI=1S/C15H26N2O/c1-4-5-6-10-18-15-9-7-8-14(17-15)12-16-11-13(2)3/h7-9,13,16H,4-6,10-12H2,1-3H3. The summed E-state index contributed by atoms with van der Waals surface area (Å²) in [6, 6.07) is 5.97. The summed E-state index contributed by atoms with van der Waals surface area (Å²) in [5.74, 6) is 1.41. The zero-order valence-corrected chi connectivity index (χ0v) is 11.9. The van der Waals surface area contributed by atoms with Crippen molar-refractivity contribution in [2.24, 2.45) is 5.92 Å². The predicted octanol–water partition coefficient (Wildman–Crippen LogP) is 3.40. The Morgan fingerprint density at radius 2 is 2.11 bits per heavy atom. The molecule has 0 saturated heterocycles. The summed E-state index contributed by atoms with van der Waals surface area (Å²) >= 11 is 0. The van der Waals surface area contributed by atoms with E-state index in [-0.39, 0.29) is 0 Å². The van der Waals surface area contributed by atoms with Crippen molar-refractivity contribution < 1.29 is 4.74 Å². The number of nitrogens with zero attached hydrogens (tertiary/aromatic N) is 1. The summed E-state index contributed by atoms with van der Waals surface area (Å²) in [5, 5.41) is 3.39. The lowest BCUT2D eigenvalue weighted by atomic mass is 10.2. The highest BCUT2D eigenvalue weighted by atomic mass is 16.5.